The van der Waals surface area contributed by atoms with Crippen molar-refractivity contribution in [3.05, 3.63) is 47.4 Å². The molecule has 1 unspecified atom stereocenters. The van der Waals surface area contributed by atoms with Crippen molar-refractivity contribution in [2.45, 2.75) is 39.5 Å². The summed E-state index contributed by atoms with van der Waals surface area (Å²) in [6, 6.07) is 8.07. The molecule has 1 atom stereocenters. The molecule has 1 aliphatic heterocycles. The first-order valence-electron chi connectivity index (χ1n) is 7.44. The van der Waals surface area contributed by atoms with Gasteiger partial charge in [-0.25, -0.2) is 0 Å². The maximum atomic E-state index is 5.83. The zero-order valence-electron chi connectivity index (χ0n) is 12.5. The number of furan rings is 1. The predicted octanol–water partition coefficient (Wildman–Crippen LogP) is 3.29. The Labute approximate surface area is 125 Å². The molecule has 0 aliphatic carbocycles. The minimum Gasteiger partial charge on any atom is -0.494 e. The summed E-state index contributed by atoms with van der Waals surface area (Å²) in [6.07, 6.45) is 2.89. The van der Waals surface area contributed by atoms with Crippen LogP contribution in [0.3, 0.4) is 0 Å². The van der Waals surface area contributed by atoms with Crippen LogP contribution < -0.4 is 14.8 Å². The van der Waals surface area contributed by atoms with Crippen LogP contribution in [-0.4, -0.2) is 12.7 Å². The topological polar surface area (TPSA) is 43.6 Å². The van der Waals surface area contributed by atoms with Gasteiger partial charge < -0.3 is 19.2 Å². The third kappa shape index (κ3) is 3.22. The van der Waals surface area contributed by atoms with Crippen LogP contribution in [-0.2, 0) is 19.5 Å². The monoisotopic (exact) mass is 287 g/mol. The van der Waals surface area contributed by atoms with E-state index in [0.29, 0.717) is 13.2 Å². The van der Waals surface area contributed by atoms with Gasteiger partial charge in [0.15, 0.2) is 0 Å². The second-order valence-electron chi connectivity index (χ2n) is 5.32. The Hall–Kier alpha value is -1.94. The molecule has 1 aliphatic rings. The highest BCUT2D eigenvalue weighted by molar-refractivity contribution is 5.48. The van der Waals surface area contributed by atoms with Crippen LogP contribution in [0.5, 0.6) is 11.5 Å². The molecule has 3 rings (SSSR count). The number of nitrogens with one attached hydrogen (secondary N) is 1. The lowest BCUT2D eigenvalue weighted by Gasteiger charge is -2.13. The zero-order chi connectivity index (χ0) is 14.7. The summed E-state index contributed by atoms with van der Waals surface area (Å²) in [4.78, 5) is 0. The van der Waals surface area contributed by atoms with E-state index >= 15 is 0 Å². The average molecular weight is 287 g/mol. The van der Waals surface area contributed by atoms with Crippen molar-refractivity contribution in [1.29, 1.82) is 0 Å². The molecule has 112 valence electrons. The van der Waals surface area contributed by atoms with Crippen molar-refractivity contribution in [1.82, 2.24) is 5.32 Å². The molecule has 1 aromatic carbocycles. The van der Waals surface area contributed by atoms with Crippen LogP contribution >= 0.6 is 0 Å². The molecule has 0 bridgehead atoms. The van der Waals surface area contributed by atoms with Crippen LogP contribution in [0.15, 0.2) is 34.9 Å². The Morgan fingerprint density at radius 1 is 1.33 bits per heavy atom. The van der Waals surface area contributed by atoms with E-state index in [2.05, 4.69) is 24.4 Å². The van der Waals surface area contributed by atoms with Crippen molar-refractivity contribution in [2.24, 2.45) is 0 Å². The normalized spacial score (nSPS) is 16.6. The summed E-state index contributed by atoms with van der Waals surface area (Å²) in [5, 5.41) is 3.38. The number of fused-ring (bicyclic) bond motifs is 1. The lowest BCUT2D eigenvalue weighted by Crippen LogP contribution is -2.13. The molecule has 4 heteroatoms. The molecular weight excluding hydrogens is 266 g/mol. The first kappa shape index (κ1) is 14.0. The van der Waals surface area contributed by atoms with Crippen molar-refractivity contribution < 1.29 is 13.9 Å². The Kier molecular flexibility index (Phi) is 4.15. The van der Waals surface area contributed by atoms with E-state index in [1.165, 1.54) is 5.56 Å². The molecule has 0 fully saturated rings. The summed E-state index contributed by atoms with van der Waals surface area (Å²) in [6.45, 7) is 6.19. The van der Waals surface area contributed by atoms with Gasteiger partial charge in [-0.05, 0) is 38.1 Å². The van der Waals surface area contributed by atoms with E-state index in [4.69, 9.17) is 13.9 Å². The van der Waals surface area contributed by atoms with Gasteiger partial charge in [-0.2, -0.15) is 0 Å². The number of rotatable bonds is 6. The molecule has 2 heterocycles. The summed E-state index contributed by atoms with van der Waals surface area (Å²) < 4.78 is 16.9. The maximum Gasteiger partial charge on any atom is 0.124 e. The summed E-state index contributed by atoms with van der Waals surface area (Å²) in [5.74, 6) is 2.86. The highest BCUT2D eigenvalue weighted by Crippen LogP contribution is 2.35. The van der Waals surface area contributed by atoms with Crippen LogP contribution in [0, 0.1) is 0 Å². The highest BCUT2D eigenvalue weighted by atomic mass is 16.5. The molecule has 0 radical (unpaired) electrons. The third-order valence-electron chi connectivity index (χ3n) is 3.57. The Balaban J connectivity index is 1.72. The van der Waals surface area contributed by atoms with Crippen LogP contribution in [0.4, 0.5) is 0 Å². The molecule has 0 saturated heterocycles. The maximum absolute atomic E-state index is 5.83. The first-order valence-corrected chi connectivity index (χ1v) is 7.44. The molecule has 2 aromatic rings. The standard InChI is InChI=1S/C17H21NO3/c1-3-19-16-8-13-7-12(2)21-17(13)9-14(16)10-18-11-15-5-4-6-20-15/h4-6,8-9,12,18H,3,7,10-11H2,1-2H3. The third-order valence-corrected chi connectivity index (χ3v) is 3.57. The quantitative estimate of drug-likeness (QED) is 0.885. The molecule has 21 heavy (non-hydrogen) atoms. The Morgan fingerprint density at radius 3 is 3.00 bits per heavy atom. The van der Waals surface area contributed by atoms with E-state index in [1.807, 2.05) is 19.1 Å². The van der Waals surface area contributed by atoms with E-state index in [-0.39, 0.29) is 6.10 Å². The van der Waals surface area contributed by atoms with Gasteiger partial charge in [-0.15, -0.1) is 0 Å². The minimum atomic E-state index is 0.251. The highest BCUT2D eigenvalue weighted by Gasteiger charge is 2.21. The Bertz CT molecular complexity index is 592. The molecular formula is C17H21NO3. The number of hydrogen-bond donors (Lipinski definition) is 1. The SMILES string of the molecule is CCOc1cc2c(cc1CNCc1ccco1)OC(C)C2. The largest absolute Gasteiger partial charge is 0.494 e. The van der Waals surface area contributed by atoms with E-state index in [1.54, 1.807) is 6.26 Å². The van der Waals surface area contributed by atoms with Gasteiger partial charge in [0.1, 0.15) is 23.4 Å². The van der Waals surface area contributed by atoms with Crippen molar-refractivity contribution in [3.8, 4) is 11.5 Å². The molecule has 0 saturated carbocycles. The second kappa shape index (κ2) is 6.22. The van der Waals surface area contributed by atoms with Crippen LogP contribution in [0.2, 0.25) is 0 Å². The van der Waals surface area contributed by atoms with Crippen molar-refractivity contribution in [3.63, 3.8) is 0 Å². The molecule has 0 amide bonds. The van der Waals surface area contributed by atoms with E-state index in [0.717, 1.165) is 35.8 Å². The van der Waals surface area contributed by atoms with Gasteiger partial charge in [0.05, 0.1) is 19.4 Å². The van der Waals surface area contributed by atoms with Gasteiger partial charge in [0.25, 0.3) is 0 Å². The van der Waals surface area contributed by atoms with Gasteiger partial charge in [-0.3, -0.25) is 0 Å². The number of hydrogen-bond acceptors (Lipinski definition) is 4. The molecule has 1 aromatic heterocycles. The zero-order valence-corrected chi connectivity index (χ0v) is 12.5. The Morgan fingerprint density at radius 2 is 2.24 bits per heavy atom. The average Bonchev–Trinajstić information content (AvgIpc) is 3.07. The van der Waals surface area contributed by atoms with Gasteiger partial charge in [-0.1, -0.05) is 0 Å². The number of benzene rings is 1. The summed E-state index contributed by atoms with van der Waals surface area (Å²) in [7, 11) is 0. The van der Waals surface area contributed by atoms with Gasteiger partial charge in [0, 0.05) is 24.1 Å². The fourth-order valence-corrected chi connectivity index (χ4v) is 2.64. The van der Waals surface area contributed by atoms with E-state index < -0.39 is 0 Å². The van der Waals surface area contributed by atoms with Crippen molar-refractivity contribution in [2.75, 3.05) is 6.61 Å². The molecule has 4 nitrogen and oxygen atoms in total. The molecule has 0 spiro atoms. The smallest absolute Gasteiger partial charge is 0.124 e. The van der Waals surface area contributed by atoms with Gasteiger partial charge >= 0.3 is 0 Å². The summed E-state index contributed by atoms with van der Waals surface area (Å²) >= 11 is 0. The fourth-order valence-electron chi connectivity index (χ4n) is 2.64. The van der Waals surface area contributed by atoms with Crippen molar-refractivity contribution >= 4 is 0 Å². The summed E-state index contributed by atoms with van der Waals surface area (Å²) in [5.41, 5.74) is 2.36. The second-order valence-corrected chi connectivity index (χ2v) is 5.32. The van der Waals surface area contributed by atoms with Crippen LogP contribution in [0.1, 0.15) is 30.7 Å². The van der Waals surface area contributed by atoms with Crippen LogP contribution in [0.25, 0.3) is 0 Å². The van der Waals surface area contributed by atoms with E-state index in [9.17, 15) is 0 Å². The lowest BCUT2D eigenvalue weighted by molar-refractivity contribution is 0.254. The first-order chi connectivity index (χ1) is 10.3. The minimum absolute atomic E-state index is 0.251. The predicted molar refractivity (Wildman–Crippen MR) is 80.7 cm³/mol. The lowest BCUT2D eigenvalue weighted by atomic mass is 10.1. The van der Waals surface area contributed by atoms with Gasteiger partial charge in [0.2, 0.25) is 0 Å². The number of ether oxygens (including phenoxy) is 2. The fraction of sp³-hybridized carbons (Fsp3) is 0.412. The molecule has 1 N–H and O–H groups in total.